The van der Waals surface area contributed by atoms with Gasteiger partial charge in [0.1, 0.15) is 0 Å². The molecule has 1 aliphatic heterocycles. The average molecular weight is 239 g/mol. The molecule has 0 aliphatic carbocycles. The minimum Gasteiger partial charge on any atom is -0.341 e. The first-order valence-electron chi connectivity index (χ1n) is 6.49. The van der Waals surface area contributed by atoms with Gasteiger partial charge in [0.2, 0.25) is 5.95 Å². The Hall–Kier alpha value is -1.90. The van der Waals surface area contributed by atoms with E-state index < -0.39 is 0 Å². The molecule has 1 aliphatic rings. The molecule has 2 heterocycles. The van der Waals surface area contributed by atoms with Crippen LogP contribution in [0.4, 0.5) is 5.95 Å². The summed E-state index contributed by atoms with van der Waals surface area (Å²) < 4.78 is 0. The van der Waals surface area contributed by atoms with Crippen molar-refractivity contribution in [2.24, 2.45) is 0 Å². The topological polar surface area (TPSA) is 29.0 Å². The Morgan fingerprint density at radius 1 is 1.00 bits per heavy atom. The summed E-state index contributed by atoms with van der Waals surface area (Å²) in [4.78, 5) is 11.5. The fourth-order valence-electron chi connectivity index (χ4n) is 2.37. The first-order chi connectivity index (χ1) is 8.83. The zero-order valence-electron chi connectivity index (χ0n) is 10.6. The van der Waals surface area contributed by atoms with E-state index in [4.69, 9.17) is 4.98 Å². The summed E-state index contributed by atoms with van der Waals surface area (Å²) in [6.45, 7) is 4.20. The minimum atomic E-state index is 0.881. The van der Waals surface area contributed by atoms with Gasteiger partial charge in [-0.3, -0.25) is 0 Å². The summed E-state index contributed by atoms with van der Waals surface area (Å²) in [6.07, 6.45) is 2.50. The van der Waals surface area contributed by atoms with E-state index in [0.29, 0.717) is 0 Å². The Balaban J connectivity index is 2.00. The number of hydrogen-bond donors (Lipinski definition) is 0. The maximum absolute atomic E-state index is 4.70. The van der Waals surface area contributed by atoms with Gasteiger partial charge < -0.3 is 4.90 Å². The zero-order valence-corrected chi connectivity index (χ0v) is 10.6. The van der Waals surface area contributed by atoms with Crippen LogP contribution in [0, 0.1) is 6.92 Å². The molecule has 3 nitrogen and oxygen atoms in total. The van der Waals surface area contributed by atoms with E-state index in [9.17, 15) is 0 Å². The number of anilines is 1. The van der Waals surface area contributed by atoms with Crippen LogP contribution >= 0.6 is 0 Å². The molecule has 1 fully saturated rings. The second kappa shape index (κ2) is 4.77. The molecule has 0 bridgehead atoms. The molecule has 1 aromatic carbocycles. The standard InChI is InChI=1S/C15H17N3/c1-12-11-14(13-7-3-2-4-8-13)17-15(16-12)18-9-5-6-10-18/h2-4,7-8,11H,5-6,9-10H2,1H3. The highest BCUT2D eigenvalue weighted by Gasteiger charge is 2.16. The van der Waals surface area contributed by atoms with Crippen LogP contribution in [0.1, 0.15) is 18.5 Å². The molecule has 0 unspecified atom stereocenters. The summed E-state index contributed by atoms with van der Waals surface area (Å²) >= 11 is 0. The minimum absolute atomic E-state index is 0.881. The van der Waals surface area contributed by atoms with Gasteiger partial charge in [-0.1, -0.05) is 30.3 Å². The molecule has 0 N–H and O–H groups in total. The summed E-state index contributed by atoms with van der Waals surface area (Å²) in [7, 11) is 0. The van der Waals surface area contributed by atoms with Crippen LogP contribution in [0.25, 0.3) is 11.3 Å². The van der Waals surface area contributed by atoms with Crippen LogP contribution < -0.4 is 4.90 Å². The lowest BCUT2D eigenvalue weighted by Crippen LogP contribution is -2.20. The van der Waals surface area contributed by atoms with Gasteiger partial charge >= 0.3 is 0 Å². The molecule has 0 atom stereocenters. The molecule has 3 rings (SSSR count). The maximum atomic E-state index is 4.70. The summed E-state index contributed by atoms with van der Waals surface area (Å²) in [5.74, 6) is 0.881. The van der Waals surface area contributed by atoms with Gasteiger partial charge in [-0.05, 0) is 25.8 Å². The highest BCUT2D eigenvalue weighted by Crippen LogP contribution is 2.22. The molecule has 0 radical (unpaired) electrons. The van der Waals surface area contributed by atoms with Gasteiger partial charge in [0.25, 0.3) is 0 Å². The first kappa shape index (κ1) is 11.2. The molecule has 3 heteroatoms. The van der Waals surface area contributed by atoms with Gasteiger partial charge in [-0.2, -0.15) is 0 Å². The maximum Gasteiger partial charge on any atom is 0.226 e. The fraction of sp³-hybridized carbons (Fsp3) is 0.333. The first-order valence-corrected chi connectivity index (χ1v) is 6.49. The third-order valence-corrected chi connectivity index (χ3v) is 3.30. The number of nitrogens with zero attached hydrogens (tertiary/aromatic N) is 3. The normalized spacial score (nSPS) is 15.1. The Morgan fingerprint density at radius 2 is 1.72 bits per heavy atom. The molecule has 1 aromatic heterocycles. The van der Waals surface area contributed by atoms with Gasteiger partial charge in [-0.25, -0.2) is 9.97 Å². The number of aryl methyl sites for hydroxylation is 1. The Morgan fingerprint density at radius 3 is 2.44 bits per heavy atom. The van der Waals surface area contributed by atoms with Crippen molar-refractivity contribution in [2.45, 2.75) is 19.8 Å². The summed E-state index contributed by atoms with van der Waals surface area (Å²) in [6, 6.07) is 12.4. The predicted molar refractivity (Wildman–Crippen MR) is 73.7 cm³/mol. The van der Waals surface area contributed by atoms with Gasteiger partial charge in [-0.15, -0.1) is 0 Å². The summed E-state index contributed by atoms with van der Waals surface area (Å²) in [5.41, 5.74) is 3.21. The van der Waals surface area contributed by atoms with Crippen molar-refractivity contribution in [1.29, 1.82) is 0 Å². The molecule has 1 saturated heterocycles. The zero-order chi connectivity index (χ0) is 12.4. The van der Waals surface area contributed by atoms with Crippen LogP contribution in [-0.4, -0.2) is 23.1 Å². The molecule has 92 valence electrons. The molecular formula is C15H17N3. The van der Waals surface area contributed by atoms with Crippen LogP contribution in [0.15, 0.2) is 36.4 Å². The number of benzene rings is 1. The van der Waals surface area contributed by atoms with Crippen molar-refractivity contribution in [2.75, 3.05) is 18.0 Å². The highest BCUT2D eigenvalue weighted by molar-refractivity contribution is 5.60. The highest BCUT2D eigenvalue weighted by atomic mass is 15.3. The van der Waals surface area contributed by atoms with E-state index in [-0.39, 0.29) is 0 Å². The van der Waals surface area contributed by atoms with Crippen molar-refractivity contribution >= 4 is 5.95 Å². The van der Waals surface area contributed by atoms with Crippen LogP contribution in [0.3, 0.4) is 0 Å². The predicted octanol–water partition coefficient (Wildman–Crippen LogP) is 3.05. The molecule has 0 saturated carbocycles. The van der Waals surface area contributed by atoms with E-state index in [1.807, 2.05) is 25.1 Å². The molecular weight excluding hydrogens is 222 g/mol. The smallest absolute Gasteiger partial charge is 0.226 e. The van der Waals surface area contributed by atoms with Crippen molar-refractivity contribution < 1.29 is 0 Å². The van der Waals surface area contributed by atoms with Crippen molar-refractivity contribution in [3.8, 4) is 11.3 Å². The van der Waals surface area contributed by atoms with Gasteiger partial charge in [0.15, 0.2) is 0 Å². The quantitative estimate of drug-likeness (QED) is 0.806. The SMILES string of the molecule is Cc1cc(-c2ccccc2)nc(N2CCCC2)n1. The Kier molecular flexibility index (Phi) is 2.97. The molecule has 2 aromatic rings. The average Bonchev–Trinajstić information content (AvgIpc) is 2.93. The lowest BCUT2D eigenvalue weighted by molar-refractivity contribution is 0.891. The van der Waals surface area contributed by atoms with Crippen molar-refractivity contribution in [3.05, 3.63) is 42.1 Å². The third kappa shape index (κ3) is 2.21. The van der Waals surface area contributed by atoms with Crippen LogP contribution in [0.5, 0.6) is 0 Å². The van der Waals surface area contributed by atoms with E-state index in [1.165, 1.54) is 12.8 Å². The molecule has 0 spiro atoms. The van der Waals surface area contributed by atoms with Gasteiger partial charge in [0, 0.05) is 24.3 Å². The van der Waals surface area contributed by atoms with E-state index in [2.05, 4.69) is 28.1 Å². The second-order valence-corrected chi connectivity index (χ2v) is 4.75. The van der Waals surface area contributed by atoms with E-state index >= 15 is 0 Å². The Labute approximate surface area is 108 Å². The summed E-state index contributed by atoms with van der Waals surface area (Å²) in [5, 5.41) is 0. The Bertz CT molecular complexity index is 531. The van der Waals surface area contributed by atoms with Crippen LogP contribution in [-0.2, 0) is 0 Å². The number of rotatable bonds is 2. The molecule has 18 heavy (non-hydrogen) atoms. The second-order valence-electron chi connectivity index (χ2n) is 4.75. The number of hydrogen-bond acceptors (Lipinski definition) is 3. The monoisotopic (exact) mass is 239 g/mol. The fourth-order valence-corrected chi connectivity index (χ4v) is 2.37. The lowest BCUT2D eigenvalue weighted by atomic mass is 10.1. The van der Waals surface area contributed by atoms with Crippen molar-refractivity contribution in [3.63, 3.8) is 0 Å². The van der Waals surface area contributed by atoms with Crippen molar-refractivity contribution in [1.82, 2.24) is 9.97 Å². The molecule has 0 amide bonds. The lowest BCUT2D eigenvalue weighted by Gasteiger charge is -2.16. The van der Waals surface area contributed by atoms with E-state index in [1.54, 1.807) is 0 Å². The number of aromatic nitrogens is 2. The third-order valence-electron chi connectivity index (χ3n) is 3.30. The van der Waals surface area contributed by atoms with Crippen LogP contribution in [0.2, 0.25) is 0 Å². The van der Waals surface area contributed by atoms with Gasteiger partial charge in [0.05, 0.1) is 5.69 Å². The largest absolute Gasteiger partial charge is 0.341 e. The van der Waals surface area contributed by atoms with E-state index in [0.717, 1.165) is 36.0 Å².